The van der Waals surface area contributed by atoms with Gasteiger partial charge in [-0.25, -0.2) is 0 Å². The van der Waals surface area contributed by atoms with Crippen LogP contribution in [0.2, 0.25) is 0 Å². The number of carbonyl (C=O) groups is 2. The van der Waals surface area contributed by atoms with Gasteiger partial charge in [-0.05, 0) is 51.0 Å². The van der Waals surface area contributed by atoms with Gasteiger partial charge in [0.1, 0.15) is 0 Å². The van der Waals surface area contributed by atoms with Crippen molar-refractivity contribution in [2.75, 3.05) is 18.4 Å². The Morgan fingerprint density at radius 2 is 1.74 bits per heavy atom. The molecule has 7 heteroatoms. The number of nitrogens with two attached hydrogens (primary N) is 1. The van der Waals surface area contributed by atoms with Gasteiger partial charge in [0.05, 0.1) is 5.54 Å². The maximum absolute atomic E-state index is 12.3. The van der Waals surface area contributed by atoms with E-state index in [-0.39, 0.29) is 30.1 Å². The smallest absolute Gasteiger partial charge is 0.242 e. The Hall–Kier alpha value is -1.11. The van der Waals surface area contributed by atoms with E-state index in [0.29, 0.717) is 25.9 Å². The summed E-state index contributed by atoms with van der Waals surface area (Å²) in [6.45, 7) is 4.58. The van der Waals surface area contributed by atoms with Crippen molar-refractivity contribution in [1.29, 1.82) is 0 Å². The van der Waals surface area contributed by atoms with Crippen molar-refractivity contribution in [2.45, 2.75) is 32.2 Å². The van der Waals surface area contributed by atoms with Crippen molar-refractivity contribution in [1.82, 2.24) is 4.90 Å². The van der Waals surface area contributed by atoms with Crippen LogP contribution in [0.5, 0.6) is 0 Å². The molecule has 0 aliphatic carbocycles. The molecular weight excluding hydrogens is 382 g/mol. The summed E-state index contributed by atoms with van der Waals surface area (Å²) in [6, 6.07) is 7.50. The number of likely N-dealkylation sites (tertiary alicyclic amines) is 1. The number of carbonyl (C=O) groups excluding carboxylic acids is 2. The fourth-order valence-electron chi connectivity index (χ4n) is 2.53. The van der Waals surface area contributed by atoms with Crippen LogP contribution in [-0.2, 0) is 9.59 Å². The molecule has 1 aliphatic rings. The molecule has 0 radical (unpaired) electrons. The number of nitrogens with zero attached hydrogens (tertiary/aromatic N) is 1. The molecule has 5 nitrogen and oxygen atoms in total. The Kier molecular flexibility index (Phi) is 7.04. The van der Waals surface area contributed by atoms with Crippen LogP contribution in [0.15, 0.2) is 28.7 Å². The molecule has 1 aromatic carbocycles. The van der Waals surface area contributed by atoms with Gasteiger partial charge >= 0.3 is 0 Å². The fourth-order valence-corrected chi connectivity index (χ4v) is 2.79. The Morgan fingerprint density at radius 3 is 2.22 bits per heavy atom. The third-order valence-corrected chi connectivity index (χ3v) is 4.34. The van der Waals surface area contributed by atoms with Gasteiger partial charge in [-0.2, -0.15) is 0 Å². The number of nitrogens with one attached hydrogen (secondary N) is 1. The molecule has 23 heavy (non-hydrogen) atoms. The van der Waals surface area contributed by atoms with Crippen LogP contribution in [0.3, 0.4) is 0 Å². The van der Waals surface area contributed by atoms with Crippen LogP contribution in [-0.4, -0.2) is 35.3 Å². The molecule has 1 fully saturated rings. The number of amides is 2. The quantitative estimate of drug-likeness (QED) is 0.813. The Balaban J connectivity index is 0.00000264. The Morgan fingerprint density at radius 1 is 1.22 bits per heavy atom. The summed E-state index contributed by atoms with van der Waals surface area (Å²) in [5.41, 5.74) is 5.78. The van der Waals surface area contributed by atoms with Crippen LogP contribution in [0.4, 0.5) is 5.69 Å². The second-order valence-electron chi connectivity index (χ2n) is 6.28. The lowest BCUT2D eigenvalue weighted by molar-refractivity contribution is -0.138. The second-order valence-corrected chi connectivity index (χ2v) is 7.20. The first-order chi connectivity index (χ1) is 10.3. The summed E-state index contributed by atoms with van der Waals surface area (Å²) in [6.07, 6.45) is 1.34. The topological polar surface area (TPSA) is 75.4 Å². The summed E-state index contributed by atoms with van der Waals surface area (Å²) < 4.78 is 0.974. The largest absolute Gasteiger partial charge is 0.341 e. The molecule has 0 aromatic heterocycles. The molecule has 2 amide bonds. The van der Waals surface area contributed by atoms with Crippen LogP contribution >= 0.6 is 28.3 Å². The first-order valence-electron chi connectivity index (χ1n) is 7.42. The lowest BCUT2D eigenvalue weighted by atomic mass is 9.94. The van der Waals surface area contributed by atoms with E-state index in [2.05, 4.69) is 21.2 Å². The van der Waals surface area contributed by atoms with E-state index in [9.17, 15) is 9.59 Å². The van der Waals surface area contributed by atoms with E-state index in [1.165, 1.54) is 0 Å². The molecule has 0 spiro atoms. The zero-order chi connectivity index (χ0) is 16.3. The van der Waals surface area contributed by atoms with E-state index in [0.717, 1.165) is 10.2 Å². The van der Waals surface area contributed by atoms with E-state index in [1.807, 2.05) is 24.3 Å². The molecule has 0 bridgehead atoms. The molecule has 0 atom stereocenters. The molecule has 0 saturated carbocycles. The lowest BCUT2D eigenvalue weighted by Crippen LogP contribution is -2.53. The summed E-state index contributed by atoms with van der Waals surface area (Å²) in [7, 11) is 0. The molecule has 1 aromatic rings. The highest BCUT2D eigenvalue weighted by Gasteiger charge is 2.32. The number of benzene rings is 1. The van der Waals surface area contributed by atoms with Crippen LogP contribution in [0.25, 0.3) is 0 Å². The molecule has 1 saturated heterocycles. The fraction of sp³-hybridized carbons (Fsp3) is 0.500. The Bertz CT molecular complexity index is 549. The van der Waals surface area contributed by atoms with Gasteiger partial charge in [0.25, 0.3) is 0 Å². The van der Waals surface area contributed by atoms with Crippen molar-refractivity contribution in [3.05, 3.63) is 28.7 Å². The van der Waals surface area contributed by atoms with Crippen LogP contribution < -0.4 is 11.1 Å². The summed E-state index contributed by atoms with van der Waals surface area (Å²) in [5.74, 6) is -0.103. The minimum atomic E-state index is -0.855. The van der Waals surface area contributed by atoms with Gasteiger partial charge in [0.15, 0.2) is 0 Å². The number of anilines is 1. The second kappa shape index (κ2) is 8.13. The maximum atomic E-state index is 12.3. The summed E-state index contributed by atoms with van der Waals surface area (Å²) in [4.78, 5) is 26.1. The van der Waals surface area contributed by atoms with E-state index < -0.39 is 5.54 Å². The van der Waals surface area contributed by atoms with Gasteiger partial charge < -0.3 is 16.0 Å². The number of hydrogen-bond acceptors (Lipinski definition) is 3. The van der Waals surface area contributed by atoms with Gasteiger partial charge in [0.2, 0.25) is 11.8 Å². The molecule has 2 rings (SSSR count). The van der Waals surface area contributed by atoms with Gasteiger partial charge in [-0.1, -0.05) is 15.9 Å². The van der Waals surface area contributed by atoms with Crippen LogP contribution in [0.1, 0.15) is 26.7 Å². The van der Waals surface area contributed by atoms with Crippen molar-refractivity contribution >= 4 is 45.8 Å². The molecule has 1 heterocycles. The number of rotatable bonds is 3. The van der Waals surface area contributed by atoms with E-state index in [1.54, 1.807) is 18.7 Å². The maximum Gasteiger partial charge on any atom is 0.242 e. The number of hydrogen-bond donors (Lipinski definition) is 2. The van der Waals surface area contributed by atoms with Gasteiger partial charge in [-0.15, -0.1) is 12.4 Å². The first-order valence-corrected chi connectivity index (χ1v) is 8.21. The summed E-state index contributed by atoms with van der Waals surface area (Å²) in [5, 5.41) is 2.93. The van der Waals surface area contributed by atoms with E-state index in [4.69, 9.17) is 5.73 Å². The van der Waals surface area contributed by atoms with Crippen molar-refractivity contribution in [3.63, 3.8) is 0 Å². The highest BCUT2D eigenvalue weighted by molar-refractivity contribution is 9.10. The van der Waals surface area contributed by atoms with Gasteiger partial charge in [0, 0.05) is 29.2 Å². The molecule has 1 aliphatic heterocycles. The van der Waals surface area contributed by atoms with Crippen molar-refractivity contribution in [3.8, 4) is 0 Å². The molecular formula is C16H23BrClN3O2. The first kappa shape index (κ1) is 19.9. The third kappa shape index (κ3) is 5.48. The number of halogens is 2. The summed E-state index contributed by atoms with van der Waals surface area (Å²) >= 11 is 3.36. The average molecular weight is 405 g/mol. The molecule has 0 unspecified atom stereocenters. The monoisotopic (exact) mass is 403 g/mol. The third-order valence-electron chi connectivity index (χ3n) is 3.82. The zero-order valence-electron chi connectivity index (χ0n) is 13.3. The lowest BCUT2D eigenvalue weighted by Gasteiger charge is -2.35. The normalized spacial score (nSPS) is 15.7. The minimum Gasteiger partial charge on any atom is -0.341 e. The highest BCUT2D eigenvalue weighted by atomic mass is 79.9. The van der Waals surface area contributed by atoms with Crippen LogP contribution in [0, 0.1) is 5.92 Å². The zero-order valence-corrected chi connectivity index (χ0v) is 15.7. The predicted molar refractivity (Wildman–Crippen MR) is 97.6 cm³/mol. The predicted octanol–water partition coefficient (Wildman–Crippen LogP) is 2.79. The number of piperidine rings is 1. The Labute approximate surface area is 151 Å². The van der Waals surface area contributed by atoms with Crippen molar-refractivity contribution < 1.29 is 9.59 Å². The highest BCUT2D eigenvalue weighted by Crippen LogP contribution is 2.22. The van der Waals surface area contributed by atoms with E-state index >= 15 is 0 Å². The molecule has 128 valence electrons. The minimum absolute atomic E-state index is 0. The van der Waals surface area contributed by atoms with Gasteiger partial charge in [-0.3, -0.25) is 9.59 Å². The standard InChI is InChI=1S/C16H22BrN3O2.ClH/c1-16(2,18)15(22)20-9-7-11(8-10-20)14(21)19-13-5-3-12(17)4-6-13;/h3-6,11H,7-10,18H2,1-2H3,(H,19,21);1H. The SMILES string of the molecule is CC(C)(N)C(=O)N1CCC(C(=O)Nc2ccc(Br)cc2)CC1.Cl. The van der Waals surface area contributed by atoms with Crippen molar-refractivity contribution in [2.24, 2.45) is 11.7 Å². The molecule has 3 N–H and O–H groups in total. The average Bonchev–Trinajstić information content (AvgIpc) is 2.48.